The summed E-state index contributed by atoms with van der Waals surface area (Å²) < 4.78 is 5.85. The largest absolute Gasteiger partial charge is 0.381 e. The molecule has 3 atom stereocenters. The summed E-state index contributed by atoms with van der Waals surface area (Å²) in [4.78, 5) is 2.70. The van der Waals surface area contributed by atoms with Gasteiger partial charge in [-0.1, -0.05) is 27.7 Å². The summed E-state index contributed by atoms with van der Waals surface area (Å²) in [7, 11) is 0. The van der Waals surface area contributed by atoms with Gasteiger partial charge in [0.2, 0.25) is 0 Å². The lowest BCUT2D eigenvalue weighted by molar-refractivity contribution is -0.0358. The van der Waals surface area contributed by atoms with Crippen LogP contribution in [-0.4, -0.2) is 50.3 Å². The van der Waals surface area contributed by atoms with Gasteiger partial charge in [0.1, 0.15) is 0 Å². The average molecular weight is 282 g/mol. The van der Waals surface area contributed by atoms with E-state index in [4.69, 9.17) is 4.74 Å². The van der Waals surface area contributed by atoms with Gasteiger partial charge in [-0.3, -0.25) is 0 Å². The van der Waals surface area contributed by atoms with E-state index < -0.39 is 0 Å². The first kappa shape index (κ1) is 16.3. The third-order valence-electron chi connectivity index (χ3n) is 4.79. The molecule has 3 nitrogen and oxygen atoms in total. The summed E-state index contributed by atoms with van der Waals surface area (Å²) in [5.74, 6) is 1.69. The van der Waals surface area contributed by atoms with Gasteiger partial charge in [0.15, 0.2) is 0 Å². The number of piperidine rings is 1. The number of nitrogens with zero attached hydrogens (tertiary/aromatic N) is 1. The predicted octanol–water partition coefficient (Wildman–Crippen LogP) is 2.76. The second-order valence-corrected chi connectivity index (χ2v) is 7.83. The number of rotatable bonds is 5. The van der Waals surface area contributed by atoms with Crippen molar-refractivity contribution in [2.75, 3.05) is 39.4 Å². The second kappa shape index (κ2) is 7.24. The van der Waals surface area contributed by atoms with Crippen LogP contribution >= 0.6 is 0 Å². The Labute approximate surface area is 125 Å². The molecule has 118 valence electrons. The van der Waals surface area contributed by atoms with Crippen LogP contribution in [-0.2, 0) is 4.74 Å². The van der Waals surface area contributed by atoms with E-state index in [-0.39, 0.29) is 0 Å². The van der Waals surface area contributed by atoms with Gasteiger partial charge in [0, 0.05) is 44.2 Å². The van der Waals surface area contributed by atoms with E-state index in [1.54, 1.807) is 0 Å². The Hall–Kier alpha value is -0.120. The highest BCUT2D eigenvalue weighted by Gasteiger charge is 2.36. The van der Waals surface area contributed by atoms with Gasteiger partial charge in [-0.15, -0.1) is 0 Å². The van der Waals surface area contributed by atoms with Crippen LogP contribution in [0.25, 0.3) is 0 Å². The fourth-order valence-corrected chi connectivity index (χ4v) is 4.05. The Kier molecular flexibility index (Phi) is 5.88. The molecule has 0 aromatic carbocycles. The van der Waals surface area contributed by atoms with Crippen molar-refractivity contribution in [2.45, 2.75) is 53.0 Å². The van der Waals surface area contributed by atoms with Crippen molar-refractivity contribution in [2.24, 2.45) is 17.3 Å². The minimum Gasteiger partial charge on any atom is -0.381 e. The van der Waals surface area contributed by atoms with E-state index in [9.17, 15) is 0 Å². The molecule has 1 N–H and O–H groups in total. The van der Waals surface area contributed by atoms with Crippen LogP contribution in [0.15, 0.2) is 0 Å². The summed E-state index contributed by atoms with van der Waals surface area (Å²) in [5, 5.41) is 3.66. The van der Waals surface area contributed by atoms with Gasteiger partial charge < -0.3 is 15.0 Å². The van der Waals surface area contributed by atoms with Crippen molar-refractivity contribution >= 4 is 0 Å². The molecule has 0 spiro atoms. The number of hydrogen-bond acceptors (Lipinski definition) is 3. The fourth-order valence-electron chi connectivity index (χ4n) is 4.05. The molecule has 2 saturated heterocycles. The van der Waals surface area contributed by atoms with Crippen LogP contribution in [0.5, 0.6) is 0 Å². The molecular formula is C17H34N2O. The summed E-state index contributed by atoms with van der Waals surface area (Å²) >= 11 is 0. The molecule has 2 heterocycles. The van der Waals surface area contributed by atoms with E-state index >= 15 is 0 Å². The molecule has 0 aromatic heterocycles. The maximum Gasteiger partial charge on any atom is 0.0546 e. The maximum atomic E-state index is 5.85. The molecule has 2 rings (SSSR count). The highest BCUT2D eigenvalue weighted by molar-refractivity contribution is 4.89. The van der Waals surface area contributed by atoms with Gasteiger partial charge >= 0.3 is 0 Å². The average Bonchev–Trinajstić information content (AvgIpc) is 2.36. The standard InChI is InChI=1S/C17H34N2O/c1-14(2)18-11-17(6-5-7-20-13-17)12-19-9-15(3)8-16(4)10-19/h14-16,18H,5-13H2,1-4H3. The third-order valence-corrected chi connectivity index (χ3v) is 4.79. The van der Waals surface area contributed by atoms with Gasteiger partial charge in [-0.25, -0.2) is 0 Å². The molecule has 0 saturated carbocycles. The van der Waals surface area contributed by atoms with Crippen molar-refractivity contribution in [3.05, 3.63) is 0 Å². The summed E-state index contributed by atoms with van der Waals surface area (Å²) in [6, 6.07) is 0.563. The molecule has 0 radical (unpaired) electrons. The maximum absolute atomic E-state index is 5.85. The van der Waals surface area contributed by atoms with Crippen molar-refractivity contribution in [1.82, 2.24) is 10.2 Å². The van der Waals surface area contributed by atoms with Gasteiger partial charge in [-0.2, -0.15) is 0 Å². The van der Waals surface area contributed by atoms with Crippen molar-refractivity contribution in [3.63, 3.8) is 0 Å². The minimum atomic E-state index is 0.333. The first-order valence-electron chi connectivity index (χ1n) is 8.52. The van der Waals surface area contributed by atoms with Crippen molar-refractivity contribution < 1.29 is 4.74 Å². The molecule has 2 fully saturated rings. The number of nitrogens with one attached hydrogen (secondary N) is 1. The molecule has 0 amide bonds. The predicted molar refractivity (Wildman–Crippen MR) is 85.0 cm³/mol. The molecule has 3 heteroatoms. The molecule has 20 heavy (non-hydrogen) atoms. The Morgan fingerprint density at radius 1 is 1.25 bits per heavy atom. The van der Waals surface area contributed by atoms with Crippen LogP contribution in [0, 0.1) is 17.3 Å². The summed E-state index contributed by atoms with van der Waals surface area (Å²) in [6.45, 7) is 16.0. The van der Waals surface area contributed by atoms with Crippen molar-refractivity contribution in [3.8, 4) is 0 Å². The smallest absolute Gasteiger partial charge is 0.0546 e. The Morgan fingerprint density at radius 2 is 1.95 bits per heavy atom. The fraction of sp³-hybridized carbons (Fsp3) is 1.00. The van der Waals surface area contributed by atoms with E-state index in [1.165, 1.54) is 38.9 Å². The zero-order valence-corrected chi connectivity index (χ0v) is 14.0. The highest BCUT2D eigenvalue weighted by Crippen LogP contribution is 2.32. The zero-order chi connectivity index (χ0) is 14.6. The normalized spacial score (nSPS) is 36.5. The molecule has 2 aliphatic heterocycles. The first-order valence-corrected chi connectivity index (χ1v) is 8.52. The van der Waals surface area contributed by atoms with Gasteiger partial charge in [-0.05, 0) is 31.1 Å². The highest BCUT2D eigenvalue weighted by atomic mass is 16.5. The SMILES string of the molecule is CC1CC(C)CN(CC2(CNC(C)C)CCCOC2)C1. The minimum absolute atomic E-state index is 0.333. The summed E-state index contributed by atoms with van der Waals surface area (Å²) in [5.41, 5.74) is 0.333. The lowest BCUT2D eigenvalue weighted by atomic mass is 9.80. The van der Waals surface area contributed by atoms with E-state index in [2.05, 4.69) is 37.9 Å². The van der Waals surface area contributed by atoms with Crippen LogP contribution in [0.1, 0.15) is 47.0 Å². The Balaban J connectivity index is 1.95. The molecule has 0 aromatic rings. The quantitative estimate of drug-likeness (QED) is 0.839. The number of likely N-dealkylation sites (tertiary alicyclic amines) is 1. The lowest BCUT2D eigenvalue weighted by Crippen LogP contribution is -2.52. The third kappa shape index (κ3) is 4.71. The number of hydrogen-bond donors (Lipinski definition) is 1. The molecular weight excluding hydrogens is 248 g/mol. The summed E-state index contributed by atoms with van der Waals surface area (Å²) in [6.07, 6.45) is 3.93. The van der Waals surface area contributed by atoms with Crippen LogP contribution in [0.2, 0.25) is 0 Å². The van der Waals surface area contributed by atoms with E-state index in [0.717, 1.165) is 31.6 Å². The van der Waals surface area contributed by atoms with E-state index in [1.807, 2.05) is 0 Å². The van der Waals surface area contributed by atoms with Gasteiger partial charge in [0.05, 0.1) is 6.61 Å². The monoisotopic (exact) mass is 282 g/mol. The molecule has 0 aliphatic carbocycles. The lowest BCUT2D eigenvalue weighted by Gasteiger charge is -2.44. The van der Waals surface area contributed by atoms with Crippen LogP contribution in [0.3, 0.4) is 0 Å². The Morgan fingerprint density at radius 3 is 2.50 bits per heavy atom. The van der Waals surface area contributed by atoms with Crippen molar-refractivity contribution in [1.29, 1.82) is 0 Å². The van der Waals surface area contributed by atoms with E-state index in [0.29, 0.717) is 11.5 Å². The molecule has 0 bridgehead atoms. The second-order valence-electron chi connectivity index (χ2n) is 7.83. The zero-order valence-electron chi connectivity index (χ0n) is 14.0. The first-order chi connectivity index (χ1) is 9.49. The van der Waals surface area contributed by atoms with Crippen LogP contribution in [0.4, 0.5) is 0 Å². The molecule has 3 unspecified atom stereocenters. The molecule has 2 aliphatic rings. The van der Waals surface area contributed by atoms with Crippen LogP contribution < -0.4 is 5.32 Å². The number of ether oxygens (including phenoxy) is 1. The Bertz CT molecular complexity index is 277. The topological polar surface area (TPSA) is 24.5 Å². The van der Waals surface area contributed by atoms with Gasteiger partial charge in [0.25, 0.3) is 0 Å².